The van der Waals surface area contributed by atoms with Crippen LogP contribution >= 0.6 is 0 Å². The second-order valence-electron chi connectivity index (χ2n) is 4.82. The van der Waals surface area contributed by atoms with Crippen molar-refractivity contribution in [2.45, 2.75) is 56.9 Å². The van der Waals surface area contributed by atoms with E-state index in [4.69, 9.17) is 31.2 Å². The van der Waals surface area contributed by atoms with Gasteiger partial charge in [0.05, 0.1) is 0 Å². The summed E-state index contributed by atoms with van der Waals surface area (Å²) < 4.78 is 9.86. The minimum Gasteiger partial charge on any atom is -0.480 e. The number of aldehydes is 1. The van der Waals surface area contributed by atoms with Crippen LogP contribution in [0.5, 0.6) is 0 Å². The fraction of sp³-hybridized carbons (Fsp3) is 0.786. The summed E-state index contributed by atoms with van der Waals surface area (Å²) in [6.45, 7) is 0. The van der Waals surface area contributed by atoms with Gasteiger partial charge in [-0.15, -0.1) is 0 Å². The Kier molecular flexibility index (Phi) is 15.8. The first-order valence-corrected chi connectivity index (χ1v) is 7.26. The van der Waals surface area contributed by atoms with Gasteiger partial charge >= 0.3 is 11.9 Å². The lowest BCUT2D eigenvalue weighted by atomic mass is 10.1. The zero-order valence-corrected chi connectivity index (χ0v) is 13.6. The fourth-order valence-corrected chi connectivity index (χ4v) is 1.50. The molecule has 0 saturated heterocycles. The van der Waals surface area contributed by atoms with Crippen molar-refractivity contribution >= 4 is 18.2 Å². The molecule has 6 N–H and O–H groups in total. The number of hydrogen-bond donors (Lipinski definition) is 4. The average Bonchev–Trinajstić information content (AvgIpc) is 2.51. The topological polar surface area (TPSA) is 162 Å². The quantitative estimate of drug-likeness (QED) is 0.217. The van der Waals surface area contributed by atoms with Crippen LogP contribution in [0, 0.1) is 0 Å². The first-order chi connectivity index (χ1) is 10.8. The molecule has 0 aromatic rings. The van der Waals surface area contributed by atoms with Gasteiger partial charge in [0.2, 0.25) is 0 Å². The highest BCUT2D eigenvalue weighted by Gasteiger charge is 2.12. The number of carbonyl (C=O) groups is 3. The second kappa shape index (κ2) is 15.3. The SMILES string of the molecule is COC(CCC[C@@H](N)C(=O)O)OC.N[C@@H](CCCC=O)C(=O)O. The maximum Gasteiger partial charge on any atom is 0.320 e. The average molecular weight is 336 g/mol. The molecule has 0 unspecified atom stereocenters. The number of unbranched alkanes of at least 4 members (excludes halogenated alkanes) is 1. The third-order valence-electron chi connectivity index (χ3n) is 2.95. The number of hydrogen-bond acceptors (Lipinski definition) is 7. The Morgan fingerprint density at radius 2 is 1.39 bits per heavy atom. The van der Waals surface area contributed by atoms with Crippen molar-refractivity contribution in [1.82, 2.24) is 0 Å². The van der Waals surface area contributed by atoms with Crippen molar-refractivity contribution in [3.63, 3.8) is 0 Å². The highest BCUT2D eigenvalue weighted by atomic mass is 16.7. The van der Waals surface area contributed by atoms with Gasteiger partial charge in [0, 0.05) is 20.6 Å². The van der Waals surface area contributed by atoms with Crippen molar-refractivity contribution in [1.29, 1.82) is 0 Å². The molecule has 2 atom stereocenters. The molecule has 0 aromatic heterocycles. The Morgan fingerprint density at radius 3 is 1.74 bits per heavy atom. The van der Waals surface area contributed by atoms with Gasteiger partial charge in [-0.25, -0.2) is 0 Å². The normalized spacial score (nSPS) is 12.9. The highest BCUT2D eigenvalue weighted by molar-refractivity contribution is 5.73. The third kappa shape index (κ3) is 15.1. The van der Waals surface area contributed by atoms with E-state index in [0.29, 0.717) is 38.5 Å². The third-order valence-corrected chi connectivity index (χ3v) is 2.95. The minimum atomic E-state index is -1.01. The Bertz CT molecular complexity index is 335. The van der Waals surface area contributed by atoms with Crippen molar-refractivity contribution in [2.75, 3.05) is 14.2 Å². The van der Waals surface area contributed by atoms with Crippen molar-refractivity contribution in [2.24, 2.45) is 11.5 Å². The number of nitrogens with two attached hydrogens (primary N) is 2. The summed E-state index contributed by atoms with van der Waals surface area (Å²) in [5, 5.41) is 16.7. The van der Waals surface area contributed by atoms with Crippen LogP contribution in [-0.2, 0) is 23.9 Å². The van der Waals surface area contributed by atoms with E-state index < -0.39 is 24.0 Å². The van der Waals surface area contributed by atoms with Gasteiger partial charge in [-0.05, 0) is 32.1 Å². The van der Waals surface area contributed by atoms with E-state index in [1.165, 1.54) is 0 Å². The predicted octanol–water partition coefficient (Wildman–Crippen LogP) is -0.0450. The zero-order valence-electron chi connectivity index (χ0n) is 13.6. The van der Waals surface area contributed by atoms with E-state index >= 15 is 0 Å². The molecule has 0 bridgehead atoms. The maximum absolute atomic E-state index is 10.3. The number of carboxylic acid groups (broad SMARTS) is 2. The fourth-order valence-electron chi connectivity index (χ4n) is 1.50. The molecule has 0 heterocycles. The molecule has 0 aliphatic rings. The molecule has 9 nitrogen and oxygen atoms in total. The molecule has 0 aliphatic carbocycles. The summed E-state index contributed by atoms with van der Waals surface area (Å²) in [4.78, 5) is 30.2. The van der Waals surface area contributed by atoms with Crippen LogP contribution in [0.25, 0.3) is 0 Å². The highest BCUT2D eigenvalue weighted by Crippen LogP contribution is 2.06. The molecule has 0 fully saturated rings. The maximum atomic E-state index is 10.3. The van der Waals surface area contributed by atoms with Crippen LogP contribution in [0.1, 0.15) is 38.5 Å². The summed E-state index contributed by atoms with van der Waals surface area (Å²) in [5.41, 5.74) is 10.4. The first kappa shape index (κ1) is 23.7. The summed E-state index contributed by atoms with van der Waals surface area (Å²) in [6.07, 6.45) is 3.59. The number of carboxylic acids is 2. The minimum absolute atomic E-state index is 0.263. The van der Waals surface area contributed by atoms with Gasteiger partial charge < -0.3 is 35.9 Å². The molecule has 0 aromatic carbocycles. The van der Waals surface area contributed by atoms with Gasteiger partial charge in [0.1, 0.15) is 18.4 Å². The van der Waals surface area contributed by atoms with E-state index in [1.54, 1.807) is 14.2 Å². The monoisotopic (exact) mass is 336 g/mol. The van der Waals surface area contributed by atoms with E-state index in [9.17, 15) is 14.4 Å². The summed E-state index contributed by atoms with van der Waals surface area (Å²) in [5.74, 6) is -1.97. The largest absolute Gasteiger partial charge is 0.480 e. The van der Waals surface area contributed by atoms with Gasteiger partial charge in [0.15, 0.2) is 6.29 Å². The summed E-state index contributed by atoms with van der Waals surface area (Å²) in [7, 11) is 3.09. The smallest absolute Gasteiger partial charge is 0.320 e. The number of aliphatic carboxylic acids is 2. The Hall–Kier alpha value is -1.55. The molecule has 0 rings (SSSR count). The van der Waals surface area contributed by atoms with Crippen LogP contribution in [-0.4, -0.2) is 61.0 Å². The van der Waals surface area contributed by atoms with Crippen molar-refractivity contribution in [3.8, 4) is 0 Å². The predicted molar refractivity (Wildman–Crippen MR) is 82.8 cm³/mol. The summed E-state index contributed by atoms with van der Waals surface area (Å²) in [6, 6.07) is -1.60. The number of ether oxygens (including phenoxy) is 2. The second-order valence-corrected chi connectivity index (χ2v) is 4.82. The van der Waals surface area contributed by atoms with Crippen LogP contribution in [0.15, 0.2) is 0 Å². The lowest BCUT2D eigenvalue weighted by Crippen LogP contribution is -2.30. The van der Waals surface area contributed by atoms with E-state index in [2.05, 4.69) is 0 Å². The lowest BCUT2D eigenvalue weighted by Gasteiger charge is -2.13. The standard InChI is InChI=1S/C8H17NO4.C6H11NO3/c1-12-7(13-2)5-3-4-6(9)8(10)11;7-5(6(9)10)3-1-2-4-8/h6-7H,3-5,9H2,1-2H3,(H,10,11);4-5H,1-3,7H2,(H,9,10)/t6-;5-/m10/s1. The number of methoxy groups -OCH3 is 2. The zero-order chi connectivity index (χ0) is 18.3. The molecule has 23 heavy (non-hydrogen) atoms. The van der Waals surface area contributed by atoms with Gasteiger partial charge in [-0.1, -0.05) is 0 Å². The van der Waals surface area contributed by atoms with E-state index in [1.807, 2.05) is 0 Å². The number of carbonyl (C=O) groups excluding carboxylic acids is 1. The molecular weight excluding hydrogens is 308 g/mol. The van der Waals surface area contributed by atoms with E-state index in [-0.39, 0.29) is 6.29 Å². The van der Waals surface area contributed by atoms with Crippen molar-refractivity contribution in [3.05, 3.63) is 0 Å². The van der Waals surface area contributed by atoms with E-state index in [0.717, 1.165) is 6.29 Å². The van der Waals surface area contributed by atoms with Gasteiger partial charge in [-0.2, -0.15) is 0 Å². The Morgan fingerprint density at radius 1 is 0.957 bits per heavy atom. The molecule has 0 spiro atoms. The molecule has 0 radical (unpaired) electrons. The lowest BCUT2D eigenvalue weighted by molar-refractivity contribution is -0.139. The van der Waals surface area contributed by atoms with Crippen molar-refractivity contribution < 1.29 is 34.1 Å². The summed E-state index contributed by atoms with van der Waals surface area (Å²) >= 11 is 0. The molecule has 9 heteroatoms. The number of rotatable bonds is 12. The van der Waals surface area contributed by atoms with Crippen LogP contribution in [0.2, 0.25) is 0 Å². The molecule has 0 amide bonds. The first-order valence-electron chi connectivity index (χ1n) is 7.26. The van der Waals surface area contributed by atoms with Crippen LogP contribution in [0.3, 0.4) is 0 Å². The van der Waals surface area contributed by atoms with Crippen LogP contribution < -0.4 is 11.5 Å². The molecule has 136 valence electrons. The van der Waals surface area contributed by atoms with Crippen LogP contribution in [0.4, 0.5) is 0 Å². The molecule has 0 aliphatic heterocycles. The molecular formula is C14H28N2O7. The van der Waals surface area contributed by atoms with Gasteiger partial charge in [-0.3, -0.25) is 9.59 Å². The Balaban J connectivity index is 0. The Labute approximate surface area is 135 Å². The molecule has 0 saturated carbocycles. The van der Waals surface area contributed by atoms with Gasteiger partial charge in [0.25, 0.3) is 0 Å².